The first kappa shape index (κ1) is 19.3. The van der Waals surface area contributed by atoms with E-state index in [2.05, 4.69) is 5.32 Å². The van der Waals surface area contributed by atoms with Crippen molar-refractivity contribution in [1.29, 1.82) is 0 Å². The van der Waals surface area contributed by atoms with E-state index in [1.165, 1.54) is 0 Å². The summed E-state index contributed by atoms with van der Waals surface area (Å²) in [6.45, 7) is 1.76. The maximum absolute atomic E-state index is 12.3. The van der Waals surface area contributed by atoms with Gasteiger partial charge in [0.1, 0.15) is 6.04 Å². The highest BCUT2D eigenvalue weighted by molar-refractivity contribution is 8.01. The predicted molar refractivity (Wildman–Crippen MR) is 100.0 cm³/mol. The number of hydrogen-bond acceptors (Lipinski definition) is 5. The fraction of sp³-hybridized carbons (Fsp3) is 0.471. The van der Waals surface area contributed by atoms with Crippen LogP contribution in [0.5, 0.6) is 0 Å². The lowest BCUT2D eigenvalue weighted by atomic mass is 10.2. The van der Waals surface area contributed by atoms with Crippen molar-refractivity contribution in [2.24, 2.45) is 0 Å². The van der Waals surface area contributed by atoms with E-state index in [0.717, 1.165) is 6.42 Å². The average molecular weight is 417 g/mol. The van der Waals surface area contributed by atoms with E-state index in [1.54, 1.807) is 34.9 Å². The summed E-state index contributed by atoms with van der Waals surface area (Å²) in [7, 11) is 0. The van der Waals surface area contributed by atoms with Crippen LogP contribution in [0.2, 0.25) is 10.0 Å². The molecule has 0 aromatic heterocycles. The van der Waals surface area contributed by atoms with Crippen LogP contribution in [0.3, 0.4) is 0 Å². The largest absolute Gasteiger partial charge is 0.454 e. The third-order valence-corrected chi connectivity index (χ3v) is 6.65. The molecule has 26 heavy (non-hydrogen) atoms. The van der Waals surface area contributed by atoms with Gasteiger partial charge in [0.2, 0.25) is 5.91 Å². The fourth-order valence-corrected chi connectivity index (χ4v) is 5.03. The number of nitrogens with zero attached hydrogens (tertiary/aromatic N) is 1. The quantitative estimate of drug-likeness (QED) is 0.746. The van der Waals surface area contributed by atoms with Gasteiger partial charge in [-0.05, 0) is 31.0 Å². The van der Waals surface area contributed by atoms with E-state index >= 15 is 0 Å². The Labute approximate surface area is 165 Å². The Kier molecular flexibility index (Phi) is 5.69. The van der Waals surface area contributed by atoms with Crippen LogP contribution in [-0.4, -0.2) is 46.0 Å². The Morgan fingerprint density at radius 2 is 2.19 bits per heavy atom. The van der Waals surface area contributed by atoms with Crippen molar-refractivity contribution in [2.75, 3.05) is 12.4 Å². The summed E-state index contributed by atoms with van der Waals surface area (Å²) in [5.74, 6) is -0.536. The van der Waals surface area contributed by atoms with Crippen molar-refractivity contribution in [3.63, 3.8) is 0 Å². The van der Waals surface area contributed by atoms with E-state index in [0.29, 0.717) is 27.8 Å². The minimum absolute atomic E-state index is 0.0405. The molecule has 140 valence electrons. The van der Waals surface area contributed by atoms with Crippen molar-refractivity contribution in [3.8, 4) is 0 Å². The second-order valence-corrected chi connectivity index (χ2v) is 8.73. The maximum atomic E-state index is 12.3. The van der Waals surface area contributed by atoms with Crippen LogP contribution >= 0.6 is 35.0 Å². The third-order valence-electron chi connectivity index (χ3n) is 4.55. The van der Waals surface area contributed by atoms with E-state index in [9.17, 15) is 14.4 Å². The van der Waals surface area contributed by atoms with Crippen molar-refractivity contribution >= 4 is 52.7 Å². The molecule has 2 atom stereocenters. The Hall–Kier alpha value is -1.44. The molecule has 6 nitrogen and oxygen atoms in total. The lowest BCUT2D eigenvalue weighted by Gasteiger charge is -2.29. The highest BCUT2D eigenvalue weighted by Crippen LogP contribution is 2.47. The van der Waals surface area contributed by atoms with E-state index in [1.807, 2.05) is 6.92 Å². The molecular weight excluding hydrogens is 399 g/mol. The Bertz CT molecular complexity index is 760. The van der Waals surface area contributed by atoms with Gasteiger partial charge in [-0.3, -0.25) is 9.59 Å². The molecule has 0 unspecified atom stereocenters. The number of thioether (sulfide) groups is 1. The molecule has 2 aliphatic heterocycles. The molecule has 1 N–H and O–H groups in total. The molecular formula is C17H18Cl2N2O4S. The van der Waals surface area contributed by atoms with Crippen LogP contribution in [-0.2, 0) is 25.7 Å². The molecule has 3 rings (SSSR count). The van der Waals surface area contributed by atoms with Gasteiger partial charge in [0, 0.05) is 28.8 Å². The predicted octanol–water partition coefficient (Wildman–Crippen LogP) is 2.61. The first-order valence-corrected chi connectivity index (χ1v) is 9.88. The zero-order valence-corrected chi connectivity index (χ0v) is 16.4. The monoisotopic (exact) mass is 416 g/mol. The van der Waals surface area contributed by atoms with Crippen LogP contribution in [0.1, 0.15) is 25.3 Å². The molecule has 2 aliphatic rings. The topological polar surface area (TPSA) is 75.7 Å². The molecule has 1 aromatic carbocycles. The van der Waals surface area contributed by atoms with Crippen molar-refractivity contribution < 1.29 is 19.1 Å². The van der Waals surface area contributed by atoms with Crippen LogP contribution in [0.4, 0.5) is 0 Å². The summed E-state index contributed by atoms with van der Waals surface area (Å²) in [5, 5.41) is 3.60. The number of ether oxygens (including phenoxy) is 1. The third kappa shape index (κ3) is 3.94. The lowest BCUT2D eigenvalue weighted by molar-refractivity contribution is -0.156. The highest BCUT2D eigenvalue weighted by atomic mass is 35.5. The van der Waals surface area contributed by atoms with E-state index in [-0.39, 0.29) is 17.3 Å². The summed E-state index contributed by atoms with van der Waals surface area (Å²) in [6.07, 6.45) is 1.16. The number of amides is 2. The zero-order chi connectivity index (χ0) is 18.9. The van der Waals surface area contributed by atoms with Gasteiger partial charge < -0.3 is 15.0 Å². The normalized spacial score (nSPS) is 24.5. The summed E-state index contributed by atoms with van der Waals surface area (Å²) < 4.78 is 5.11. The number of carbonyl (C=O) groups excluding carboxylic acids is 3. The average Bonchev–Trinajstić information content (AvgIpc) is 3.08. The summed E-state index contributed by atoms with van der Waals surface area (Å²) in [6, 6.07) is 4.36. The number of carbonyl (C=O) groups is 3. The fourth-order valence-electron chi connectivity index (χ4n) is 3.14. The van der Waals surface area contributed by atoms with Gasteiger partial charge >= 0.3 is 5.97 Å². The first-order chi connectivity index (χ1) is 12.3. The standard InChI is InChI=1S/C17H18Cl2N2O4S/c1-17-5-4-15(23)21(17)13(9-26-17)16(24)25-8-14(22)20-7-10-2-3-11(18)6-12(10)19/h2-3,6,13H,4-5,7-9H2,1H3,(H,20,22)/t13-,17+/m0/s1. The highest BCUT2D eigenvalue weighted by Gasteiger charge is 2.53. The number of rotatable bonds is 5. The Morgan fingerprint density at radius 1 is 1.42 bits per heavy atom. The first-order valence-electron chi connectivity index (χ1n) is 8.13. The number of hydrogen-bond donors (Lipinski definition) is 1. The second kappa shape index (κ2) is 7.66. The smallest absolute Gasteiger partial charge is 0.330 e. The van der Waals surface area contributed by atoms with Gasteiger partial charge in [-0.25, -0.2) is 4.79 Å². The van der Waals surface area contributed by atoms with Gasteiger partial charge in [-0.1, -0.05) is 29.3 Å². The number of halogens is 2. The maximum Gasteiger partial charge on any atom is 0.330 e. The molecule has 1 aromatic rings. The molecule has 2 fully saturated rings. The molecule has 2 saturated heterocycles. The molecule has 2 amide bonds. The summed E-state index contributed by atoms with van der Waals surface area (Å²) in [4.78, 5) is 37.5. The van der Waals surface area contributed by atoms with Crippen molar-refractivity contribution in [1.82, 2.24) is 10.2 Å². The lowest BCUT2D eigenvalue weighted by Crippen LogP contribution is -2.47. The molecule has 0 radical (unpaired) electrons. The van der Waals surface area contributed by atoms with Gasteiger partial charge in [0.05, 0.1) is 4.87 Å². The van der Waals surface area contributed by atoms with E-state index in [4.69, 9.17) is 27.9 Å². The minimum atomic E-state index is -0.626. The molecule has 0 spiro atoms. The van der Waals surface area contributed by atoms with Crippen LogP contribution in [0.25, 0.3) is 0 Å². The number of fused-ring (bicyclic) bond motifs is 1. The minimum Gasteiger partial charge on any atom is -0.454 e. The summed E-state index contributed by atoms with van der Waals surface area (Å²) in [5.41, 5.74) is 0.710. The van der Waals surface area contributed by atoms with Gasteiger partial charge in [0.25, 0.3) is 5.91 Å². The number of nitrogens with one attached hydrogen (secondary N) is 1. The van der Waals surface area contributed by atoms with Crippen LogP contribution < -0.4 is 5.32 Å². The molecule has 0 saturated carbocycles. The van der Waals surface area contributed by atoms with E-state index < -0.39 is 24.5 Å². The Balaban J connectivity index is 1.48. The Morgan fingerprint density at radius 3 is 2.92 bits per heavy atom. The number of benzene rings is 1. The van der Waals surface area contributed by atoms with Crippen LogP contribution in [0.15, 0.2) is 18.2 Å². The van der Waals surface area contributed by atoms with Gasteiger partial charge in [-0.15, -0.1) is 11.8 Å². The van der Waals surface area contributed by atoms with Gasteiger partial charge in [0.15, 0.2) is 6.61 Å². The van der Waals surface area contributed by atoms with Gasteiger partial charge in [-0.2, -0.15) is 0 Å². The zero-order valence-electron chi connectivity index (χ0n) is 14.1. The van der Waals surface area contributed by atoms with Crippen molar-refractivity contribution in [2.45, 2.75) is 37.2 Å². The van der Waals surface area contributed by atoms with Crippen molar-refractivity contribution in [3.05, 3.63) is 33.8 Å². The summed E-state index contributed by atoms with van der Waals surface area (Å²) >= 11 is 13.4. The van der Waals surface area contributed by atoms with Crippen LogP contribution in [0, 0.1) is 0 Å². The molecule has 2 heterocycles. The molecule has 0 bridgehead atoms. The SMILES string of the molecule is C[C@@]12CCC(=O)N1[C@H](C(=O)OCC(=O)NCc1ccc(Cl)cc1Cl)CS2. The second-order valence-electron chi connectivity index (χ2n) is 6.39. The number of esters is 1. The molecule has 0 aliphatic carbocycles. The molecule has 9 heteroatoms.